The zero-order valence-corrected chi connectivity index (χ0v) is 18.1. The molecule has 2 aliphatic rings. The number of alkyl halides is 3. The van der Waals surface area contributed by atoms with E-state index < -0.39 is 34.6 Å². The molecule has 1 saturated heterocycles. The van der Waals surface area contributed by atoms with E-state index in [4.69, 9.17) is 21.1 Å². The molecule has 0 aromatic heterocycles. The fraction of sp³-hybridized carbons (Fsp3) is 0.364. The van der Waals surface area contributed by atoms with Crippen molar-refractivity contribution in [3.63, 3.8) is 0 Å². The fourth-order valence-corrected chi connectivity index (χ4v) is 4.44. The number of nitrogens with zero attached hydrogens (tertiary/aromatic N) is 2. The average Bonchev–Trinajstić information content (AvgIpc) is 3.05. The molecule has 10 heteroatoms. The molecule has 6 nitrogen and oxygen atoms in total. The van der Waals surface area contributed by atoms with Crippen molar-refractivity contribution in [3.8, 4) is 11.5 Å². The van der Waals surface area contributed by atoms with Crippen LogP contribution in [0.15, 0.2) is 30.3 Å². The van der Waals surface area contributed by atoms with Crippen molar-refractivity contribution in [2.45, 2.75) is 31.6 Å². The van der Waals surface area contributed by atoms with E-state index in [1.807, 2.05) is 17.0 Å². The number of rotatable bonds is 4. The zero-order valence-electron chi connectivity index (χ0n) is 17.3. The molecular weight excluding hydrogens is 449 g/mol. The Balaban J connectivity index is 1.59. The summed E-state index contributed by atoms with van der Waals surface area (Å²) in [5.74, 6) is 0.0773. The highest BCUT2D eigenvalue weighted by molar-refractivity contribution is 6.31. The summed E-state index contributed by atoms with van der Waals surface area (Å²) in [6.45, 7) is 0.927. The monoisotopic (exact) mass is 468 g/mol. The molecule has 0 radical (unpaired) electrons. The number of hydrogen-bond acceptors (Lipinski definition) is 5. The Labute approximate surface area is 187 Å². The van der Waals surface area contributed by atoms with Gasteiger partial charge in [0, 0.05) is 13.1 Å². The van der Waals surface area contributed by atoms with E-state index in [0.29, 0.717) is 31.0 Å². The van der Waals surface area contributed by atoms with E-state index in [1.54, 1.807) is 7.11 Å². The highest BCUT2D eigenvalue weighted by Gasteiger charge is 2.44. The van der Waals surface area contributed by atoms with Gasteiger partial charge in [-0.05, 0) is 47.9 Å². The molecule has 2 amide bonds. The number of methoxy groups -OCH3 is 2. The van der Waals surface area contributed by atoms with Gasteiger partial charge < -0.3 is 9.47 Å². The summed E-state index contributed by atoms with van der Waals surface area (Å²) in [6.07, 6.45) is -4.17. The Morgan fingerprint density at radius 2 is 1.69 bits per heavy atom. The molecular formula is C22H20ClF3N2O4. The lowest BCUT2D eigenvalue weighted by atomic mass is 9.97. The van der Waals surface area contributed by atoms with Crippen LogP contribution in [0.25, 0.3) is 0 Å². The lowest BCUT2D eigenvalue weighted by Crippen LogP contribution is -2.44. The minimum atomic E-state index is -4.70. The van der Waals surface area contributed by atoms with Gasteiger partial charge in [-0.1, -0.05) is 11.6 Å². The summed E-state index contributed by atoms with van der Waals surface area (Å²) in [5.41, 5.74) is 0.773. The number of benzene rings is 2. The van der Waals surface area contributed by atoms with Crippen LogP contribution in [0.2, 0.25) is 5.02 Å². The minimum Gasteiger partial charge on any atom is -0.493 e. The predicted octanol–water partition coefficient (Wildman–Crippen LogP) is 4.07. The molecule has 0 bridgehead atoms. The van der Waals surface area contributed by atoms with E-state index in [1.165, 1.54) is 13.2 Å². The maximum absolute atomic E-state index is 13.2. The molecule has 0 saturated carbocycles. The van der Waals surface area contributed by atoms with E-state index in [9.17, 15) is 22.8 Å². The largest absolute Gasteiger partial charge is 0.493 e. The number of imide groups is 1. The Morgan fingerprint density at radius 1 is 1.03 bits per heavy atom. The maximum Gasteiger partial charge on any atom is 0.417 e. The molecule has 0 N–H and O–H groups in total. The van der Waals surface area contributed by atoms with Crippen LogP contribution in [0.1, 0.15) is 23.1 Å². The molecule has 2 aromatic rings. The predicted molar refractivity (Wildman–Crippen MR) is 111 cm³/mol. The third-order valence-corrected chi connectivity index (χ3v) is 6.15. The Bertz CT molecular complexity index is 1090. The average molecular weight is 469 g/mol. The molecule has 1 fully saturated rings. The Hall–Kier alpha value is -2.78. The third kappa shape index (κ3) is 3.91. The van der Waals surface area contributed by atoms with Crippen LogP contribution in [-0.4, -0.2) is 43.5 Å². The molecule has 2 heterocycles. The maximum atomic E-state index is 13.2. The molecule has 2 aromatic carbocycles. The second kappa shape index (κ2) is 8.29. The fourth-order valence-electron chi connectivity index (χ4n) is 4.21. The van der Waals surface area contributed by atoms with Crippen molar-refractivity contribution in [2.75, 3.05) is 25.7 Å². The van der Waals surface area contributed by atoms with Gasteiger partial charge >= 0.3 is 6.18 Å². The van der Waals surface area contributed by atoms with Crippen molar-refractivity contribution in [1.82, 2.24) is 4.90 Å². The quantitative estimate of drug-likeness (QED) is 0.633. The molecule has 2 aliphatic heterocycles. The van der Waals surface area contributed by atoms with Gasteiger partial charge in [-0.25, -0.2) is 4.90 Å². The lowest BCUT2D eigenvalue weighted by molar-refractivity contribution is -0.137. The number of hydrogen-bond donors (Lipinski definition) is 0. The minimum absolute atomic E-state index is 0.106. The van der Waals surface area contributed by atoms with Gasteiger partial charge in [-0.15, -0.1) is 0 Å². The number of anilines is 1. The van der Waals surface area contributed by atoms with E-state index in [0.717, 1.165) is 28.2 Å². The first-order valence-electron chi connectivity index (χ1n) is 9.85. The smallest absolute Gasteiger partial charge is 0.417 e. The number of fused-ring (bicyclic) bond motifs is 1. The summed E-state index contributed by atoms with van der Waals surface area (Å²) in [5, 5.41) is -0.492. The van der Waals surface area contributed by atoms with E-state index in [2.05, 4.69) is 0 Å². The van der Waals surface area contributed by atoms with Gasteiger partial charge in [0.1, 0.15) is 0 Å². The van der Waals surface area contributed by atoms with Crippen LogP contribution in [0, 0.1) is 0 Å². The highest BCUT2D eigenvalue weighted by atomic mass is 35.5. The summed E-state index contributed by atoms with van der Waals surface area (Å²) >= 11 is 5.67. The van der Waals surface area contributed by atoms with Crippen molar-refractivity contribution >= 4 is 29.1 Å². The Morgan fingerprint density at radius 3 is 2.31 bits per heavy atom. The zero-order chi connectivity index (χ0) is 23.2. The van der Waals surface area contributed by atoms with E-state index in [-0.39, 0.29) is 12.1 Å². The summed E-state index contributed by atoms with van der Waals surface area (Å²) in [7, 11) is 3.08. The van der Waals surface area contributed by atoms with Crippen LogP contribution in [0.5, 0.6) is 11.5 Å². The van der Waals surface area contributed by atoms with Crippen molar-refractivity contribution in [1.29, 1.82) is 0 Å². The third-order valence-electron chi connectivity index (χ3n) is 5.82. The molecule has 0 spiro atoms. The van der Waals surface area contributed by atoms with Crippen molar-refractivity contribution < 1.29 is 32.2 Å². The van der Waals surface area contributed by atoms with Gasteiger partial charge in [0.05, 0.1) is 43.0 Å². The molecule has 4 rings (SSSR count). The molecule has 170 valence electrons. The normalized spacial score (nSPS) is 19.3. The highest BCUT2D eigenvalue weighted by Crippen LogP contribution is 2.39. The molecule has 32 heavy (non-hydrogen) atoms. The lowest BCUT2D eigenvalue weighted by Gasteiger charge is -2.32. The number of amides is 2. The standard InChI is InChI=1S/C22H20ClF3N2O4/c1-31-18-7-12-5-6-27(11-13(12)8-19(18)32-2)17-10-20(29)28(21(17)30)14-3-4-16(23)15(9-14)22(24,25)26/h3-4,7-9,17H,5-6,10-11H2,1-2H3. The van der Waals surface area contributed by atoms with Crippen LogP contribution in [-0.2, 0) is 28.7 Å². The van der Waals surface area contributed by atoms with Crippen molar-refractivity contribution in [3.05, 3.63) is 52.0 Å². The second-order valence-electron chi connectivity index (χ2n) is 7.65. The SMILES string of the molecule is COc1cc2c(cc1OC)CN(C1CC(=O)N(c3ccc(Cl)c(C(F)(F)F)c3)C1=O)CC2. The van der Waals surface area contributed by atoms with Gasteiger partial charge in [0.15, 0.2) is 11.5 Å². The first-order valence-corrected chi connectivity index (χ1v) is 10.2. The summed E-state index contributed by atoms with van der Waals surface area (Å²) in [6, 6.07) is 6.01. The number of carbonyl (C=O) groups excluding carboxylic acids is 2. The number of carbonyl (C=O) groups is 2. The van der Waals surface area contributed by atoms with Crippen LogP contribution in [0.3, 0.4) is 0 Å². The summed E-state index contributed by atoms with van der Waals surface area (Å²) < 4.78 is 50.4. The summed E-state index contributed by atoms with van der Waals surface area (Å²) in [4.78, 5) is 28.4. The molecule has 0 aliphatic carbocycles. The van der Waals surface area contributed by atoms with E-state index >= 15 is 0 Å². The Kier molecular flexibility index (Phi) is 5.81. The van der Waals surface area contributed by atoms with Crippen LogP contribution in [0.4, 0.5) is 18.9 Å². The van der Waals surface area contributed by atoms with Crippen LogP contribution >= 0.6 is 11.6 Å². The van der Waals surface area contributed by atoms with Crippen molar-refractivity contribution in [2.24, 2.45) is 0 Å². The van der Waals surface area contributed by atoms with Gasteiger partial charge in [0.2, 0.25) is 5.91 Å². The van der Waals surface area contributed by atoms with Gasteiger partial charge in [-0.3, -0.25) is 14.5 Å². The molecule has 1 unspecified atom stereocenters. The second-order valence-corrected chi connectivity index (χ2v) is 8.05. The topological polar surface area (TPSA) is 59.1 Å². The van der Waals surface area contributed by atoms with Gasteiger partial charge in [-0.2, -0.15) is 13.2 Å². The van der Waals surface area contributed by atoms with Crippen LogP contribution < -0.4 is 14.4 Å². The first kappa shape index (κ1) is 22.4. The van der Waals surface area contributed by atoms with Gasteiger partial charge in [0.25, 0.3) is 5.91 Å². The number of ether oxygens (including phenoxy) is 2. The number of halogens is 4. The first-order chi connectivity index (χ1) is 15.1. The molecule has 1 atom stereocenters.